The van der Waals surface area contributed by atoms with E-state index in [0.717, 1.165) is 0 Å². The Kier molecular flexibility index (Phi) is 7.72. The lowest BCUT2D eigenvalue weighted by atomic mass is 10.4. The average Bonchev–Trinajstić information content (AvgIpc) is 2.30. The van der Waals surface area contributed by atoms with Crippen LogP contribution in [0.5, 0.6) is 0 Å². The van der Waals surface area contributed by atoms with Gasteiger partial charge >= 0.3 is 11.9 Å². The predicted molar refractivity (Wildman–Crippen MR) is 71.0 cm³/mol. The molecule has 0 bridgehead atoms. The normalized spacial score (nSPS) is 12.2. The molecule has 0 aliphatic heterocycles. The summed E-state index contributed by atoms with van der Waals surface area (Å²) < 4.78 is 45.5. The van der Waals surface area contributed by atoms with Gasteiger partial charge in [0.1, 0.15) is 0 Å². The van der Waals surface area contributed by atoms with Crippen molar-refractivity contribution in [3.8, 4) is 0 Å². The molecule has 0 aromatic carbocycles. The van der Waals surface area contributed by atoms with Crippen LogP contribution >= 0.6 is 0 Å². The molecule has 20 heavy (non-hydrogen) atoms. The van der Waals surface area contributed by atoms with Crippen molar-refractivity contribution in [2.45, 2.75) is 25.7 Å². The Hall–Kier alpha value is -1.16. The van der Waals surface area contributed by atoms with Crippen molar-refractivity contribution in [2.24, 2.45) is 0 Å². The van der Waals surface area contributed by atoms with E-state index < -0.39 is 56.0 Å². The number of carbonyl (C=O) groups is 2. The van der Waals surface area contributed by atoms with Crippen molar-refractivity contribution in [3.05, 3.63) is 0 Å². The molecule has 0 atom stereocenters. The van der Waals surface area contributed by atoms with Crippen LogP contribution in [0.4, 0.5) is 0 Å². The van der Waals surface area contributed by atoms with Crippen molar-refractivity contribution in [3.63, 3.8) is 0 Å². The molecule has 0 saturated heterocycles. The van der Waals surface area contributed by atoms with Crippen LogP contribution in [-0.2, 0) is 29.3 Å². The highest BCUT2D eigenvalue weighted by atomic mass is 32.2. The summed E-state index contributed by atoms with van der Waals surface area (Å²) in [5.41, 5.74) is 0. The molecule has 2 N–H and O–H groups in total. The summed E-state index contributed by atoms with van der Waals surface area (Å²) in [5, 5.41) is 16.7. The van der Waals surface area contributed by atoms with Gasteiger partial charge in [-0.3, -0.25) is 9.59 Å². The first-order valence-corrected chi connectivity index (χ1v) is 9.53. The van der Waals surface area contributed by atoms with Gasteiger partial charge in [-0.1, -0.05) is 0 Å². The standard InChI is InChI=1S/C10H18O8S2/c11-9(12)3-7-19(15,16)5-1-2-6-20(17,18)8-4-10(13)14/h1-8H2,(H,11,12)(H,13,14). The van der Waals surface area contributed by atoms with Gasteiger partial charge in [0, 0.05) is 0 Å². The SMILES string of the molecule is O=C(O)CCS(=O)(=O)CCCCS(=O)(=O)CCC(=O)O. The molecule has 10 heteroatoms. The van der Waals surface area contributed by atoms with Crippen LogP contribution < -0.4 is 0 Å². The number of unbranched alkanes of at least 4 members (excludes halogenated alkanes) is 1. The van der Waals surface area contributed by atoms with Gasteiger partial charge in [-0.15, -0.1) is 0 Å². The van der Waals surface area contributed by atoms with Crippen LogP contribution in [-0.4, -0.2) is 62.0 Å². The van der Waals surface area contributed by atoms with E-state index in [4.69, 9.17) is 10.2 Å². The lowest BCUT2D eigenvalue weighted by Gasteiger charge is -2.04. The molecule has 0 fully saturated rings. The van der Waals surface area contributed by atoms with Gasteiger partial charge < -0.3 is 10.2 Å². The van der Waals surface area contributed by atoms with Crippen molar-refractivity contribution in [1.82, 2.24) is 0 Å². The van der Waals surface area contributed by atoms with E-state index in [0.29, 0.717) is 0 Å². The molecule has 0 heterocycles. The molecule has 0 aliphatic rings. The lowest BCUT2D eigenvalue weighted by Crippen LogP contribution is -2.17. The van der Waals surface area contributed by atoms with Gasteiger partial charge in [-0.2, -0.15) is 0 Å². The van der Waals surface area contributed by atoms with E-state index in [-0.39, 0.29) is 24.3 Å². The third-order valence-corrected chi connectivity index (χ3v) is 5.89. The van der Waals surface area contributed by atoms with Crippen LogP contribution in [0, 0.1) is 0 Å². The Morgan fingerprint density at radius 2 is 0.950 bits per heavy atom. The number of carboxylic acid groups (broad SMARTS) is 2. The number of aliphatic carboxylic acids is 2. The molecule has 0 aromatic rings. The zero-order valence-electron chi connectivity index (χ0n) is 10.8. The number of sulfone groups is 2. The monoisotopic (exact) mass is 330 g/mol. The van der Waals surface area contributed by atoms with Crippen molar-refractivity contribution < 1.29 is 36.6 Å². The first-order chi connectivity index (χ1) is 9.04. The third kappa shape index (κ3) is 10.7. The summed E-state index contributed by atoms with van der Waals surface area (Å²) >= 11 is 0. The minimum absolute atomic E-state index is 0.105. The zero-order valence-corrected chi connectivity index (χ0v) is 12.5. The van der Waals surface area contributed by atoms with Gasteiger partial charge in [0.05, 0.1) is 35.9 Å². The summed E-state index contributed by atoms with van der Waals surface area (Å²) in [4.78, 5) is 20.5. The maximum Gasteiger partial charge on any atom is 0.304 e. The number of rotatable bonds is 11. The molecule has 0 radical (unpaired) electrons. The minimum atomic E-state index is -3.49. The Morgan fingerprint density at radius 1 is 0.650 bits per heavy atom. The van der Waals surface area contributed by atoms with E-state index in [2.05, 4.69) is 0 Å². The van der Waals surface area contributed by atoms with Crippen molar-refractivity contribution in [2.75, 3.05) is 23.0 Å². The van der Waals surface area contributed by atoms with Crippen LogP contribution in [0.1, 0.15) is 25.7 Å². The fraction of sp³-hybridized carbons (Fsp3) is 0.800. The van der Waals surface area contributed by atoms with Gasteiger partial charge in [0.2, 0.25) is 0 Å². The zero-order chi connectivity index (χ0) is 15.8. The molecule has 0 aliphatic carbocycles. The lowest BCUT2D eigenvalue weighted by molar-refractivity contribution is -0.137. The highest BCUT2D eigenvalue weighted by Crippen LogP contribution is 2.04. The van der Waals surface area contributed by atoms with E-state index in [1.165, 1.54) is 0 Å². The second-order valence-corrected chi connectivity index (χ2v) is 8.91. The maximum atomic E-state index is 11.4. The summed E-state index contributed by atoms with van der Waals surface area (Å²) in [6, 6.07) is 0. The molecular weight excluding hydrogens is 312 g/mol. The summed E-state index contributed by atoms with van der Waals surface area (Å²) in [7, 11) is -6.98. The summed E-state index contributed by atoms with van der Waals surface area (Å²) in [5.74, 6) is -3.87. The van der Waals surface area contributed by atoms with Crippen molar-refractivity contribution >= 4 is 31.6 Å². The van der Waals surface area contributed by atoms with Gasteiger partial charge in [-0.25, -0.2) is 16.8 Å². The third-order valence-electron chi connectivity index (χ3n) is 2.41. The molecule has 0 spiro atoms. The number of hydrogen-bond acceptors (Lipinski definition) is 6. The predicted octanol–water partition coefficient (Wildman–Crippen LogP) is -0.454. The fourth-order valence-corrected chi connectivity index (χ4v) is 4.00. The molecule has 0 amide bonds. The maximum absolute atomic E-state index is 11.4. The smallest absolute Gasteiger partial charge is 0.304 e. The van der Waals surface area contributed by atoms with Gasteiger partial charge in [-0.05, 0) is 12.8 Å². The molecule has 0 rings (SSSR count). The molecule has 118 valence electrons. The summed E-state index contributed by atoms with van der Waals surface area (Å²) in [6.45, 7) is 0. The summed E-state index contributed by atoms with van der Waals surface area (Å²) in [6.07, 6.45) is -0.735. The Bertz CT molecular complexity index is 482. The average molecular weight is 330 g/mol. The van der Waals surface area contributed by atoms with E-state index in [1.807, 2.05) is 0 Å². The number of carboxylic acids is 2. The highest BCUT2D eigenvalue weighted by molar-refractivity contribution is 7.91. The van der Waals surface area contributed by atoms with E-state index in [1.54, 1.807) is 0 Å². The topological polar surface area (TPSA) is 143 Å². The molecular formula is C10H18O8S2. The molecule has 0 saturated carbocycles. The Balaban J connectivity index is 4.01. The van der Waals surface area contributed by atoms with Crippen LogP contribution in [0.3, 0.4) is 0 Å². The Morgan fingerprint density at radius 3 is 1.20 bits per heavy atom. The molecule has 8 nitrogen and oxygen atoms in total. The van der Waals surface area contributed by atoms with Crippen LogP contribution in [0.2, 0.25) is 0 Å². The van der Waals surface area contributed by atoms with Crippen molar-refractivity contribution in [1.29, 1.82) is 0 Å². The minimum Gasteiger partial charge on any atom is -0.481 e. The van der Waals surface area contributed by atoms with E-state index in [9.17, 15) is 26.4 Å². The first kappa shape index (κ1) is 18.8. The second kappa shape index (κ2) is 8.20. The largest absolute Gasteiger partial charge is 0.481 e. The van der Waals surface area contributed by atoms with Crippen LogP contribution in [0.25, 0.3) is 0 Å². The number of hydrogen-bond donors (Lipinski definition) is 2. The van der Waals surface area contributed by atoms with Gasteiger partial charge in [0.25, 0.3) is 0 Å². The second-order valence-electron chi connectivity index (χ2n) is 4.30. The van der Waals surface area contributed by atoms with E-state index >= 15 is 0 Å². The Labute approximate surface area is 117 Å². The van der Waals surface area contributed by atoms with Crippen LogP contribution in [0.15, 0.2) is 0 Å². The molecule has 0 unspecified atom stereocenters. The van der Waals surface area contributed by atoms with Gasteiger partial charge in [0.15, 0.2) is 19.7 Å². The quantitative estimate of drug-likeness (QED) is 0.485. The first-order valence-electron chi connectivity index (χ1n) is 5.88. The highest BCUT2D eigenvalue weighted by Gasteiger charge is 2.16. The molecule has 0 aromatic heterocycles. The fourth-order valence-electron chi connectivity index (χ4n) is 1.33.